The Hall–Kier alpha value is -2.18. The summed E-state index contributed by atoms with van der Waals surface area (Å²) in [5.74, 6) is 1.35. The first-order chi connectivity index (χ1) is 13.6. The molecule has 6 nitrogen and oxygen atoms in total. The van der Waals surface area contributed by atoms with Crippen LogP contribution in [0.5, 0.6) is 0 Å². The molecule has 2 heterocycles. The SMILES string of the molecule is Cc1cc(C)n(Cc2cccc(-c3noc(CC4(CN)CCCCC4)n3)c2)n1.Cl. The van der Waals surface area contributed by atoms with Crippen molar-refractivity contribution in [3.05, 3.63) is 53.2 Å². The van der Waals surface area contributed by atoms with Gasteiger partial charge in [0.2, 0.25) is 11.7 Å². The Balaban J connectivity index is 0.00000240. The van der Waals surface area contributed by atoms with Gasteiger partial charge in [-0.05, 0) is 56.3 Å². The van der Waals surface area contributed by atoms with Crippen molar-refractivity contribution in [2.75, 3.05) is 6.54 Å². The fraction of sp³-hybridized carbons (Fsp3) is 0.500. The molecule has 2 aromatic heterocycles. The van der Waals surface area contributed by atoms with Gasteiger partial charge >= 0.3 is 0 Å². The zero-order valence-corrected chi connectivity index (χ0v) is 18.0. The number of nitrogens with two attached hydrogens (primary N) is 1. The fourth-order valence-electron chi connectivity index (χ4n) is 4.34. The minimum absolute atomic E-state index is 0. The van der Waals surface area contributed by atoms with Crippen LogP contribution in [0.4, 0.5) is 0 Å². The first-order valence-corrected chi connectivity index (χ1v) is 10.2. The Labute approximate surface area is 178 Å². The second-order valence-corrected chi connectivity index (χ2v) is 8.24. The van der Waals surface area contributed by atoms with Crippen molar-refractivity contribution in [3.63, 3.8) is 0 Å². The molecule has 7 heteroatoms. The molecule has 0 amide bonds. The minimum atomic E-state index is 0. The van der Waals surface area contributed by atoms with Gasteiger partial charge in [-0.2, -0.15) is 10.1 Å². The average molecular weight is 416 g/mol. The minimum Gasteiger partial charge on any atom is -0.339 e. The van der Waals surface area contributed by atoms with Gasteiger partial charge < -0.3 is 10.3 Å². The fourth-order valence-corrected chi connectivity index (χ4v) is 4.34. The van der Waals surface area contributed by atoms with Crippen molar-refractivity contribution in [1.82, 2.24) is 19.9 Å². The van der Waals surface area contributed by atoms with Crippen LogP contribution in [0.1, 0.15) is 54.9 Å². The van der Waals surface area contributed by atoms with Crippen molar-refractivity contribution in [3.8, 4) is 11.4 Å². The first kappa shape index (κ1) is 21.5. The molecular weight excluding hydrogens is 386 g/mol. The summed E-state index contributed by atoms with van der Waals surface area (Å²) in [7, 11) is 0. The molecule has 1 aliphatic carbocycles. The number of halogens is 1. The summed E-state index contributed by atoms with van der Waals surface area (Å²) in [6.07, 6.45) is 6.87. The van der Waals surface area contributed by atoms with Crippen molar-refractivity contribution < 1.29 is 4.52 Å². The third kappa shape index (κ3) is 4.87. The quantitative estimate of drug-likeness (QED) is 0.642. The monoisotopic (exact) mass is 415 g/mol. The molecule has 156 valence electrons. The summed E-state index contributed by atoms with van der Waals surface area (Å²) in [4.78, 5) is 4.68. The summed E-state index contributed by atoms with van der Waals surface area (Å²) in [5, 5.41) is 8.79. The molecule has 1 saturated carbocycles. The Kier molecular flexibility index (Phi) is 6.75. The van der Waals surface area contributed by atoms with E-state index in [0.717, 1.165) is 42.8 Å². The molecule has 0 atom stereocenters. The van der Waals surface area contributed by atoms with E-state index in [1.54, 1.807) is 0 Å². The maximum Gasteiger partial charge on any atom is 0.227 e. The van der Waals surface area contributed by atoms with Crippen LogP contribution in [0, 0.1) is 19.3 Å². The average Bonchev–Trinajstić information content (AvgIpc) is 3.29. The molecule has 2 N–H and O–H groups in total. The molecule has 0 saturated heterocycles. The van der Waals surface area contributed by atoms with E-state index in [1.165, 1.54) is 24.8 Å². The van der Waals surface area contributed by atoms with Crippen LogP contribution >= 0.6 is 12.4 Å². The van der Waals surface area contributed by atoms with Gasteiger partial charge in [-0.25, -0.2) is 0 Å². The van der Waals surface area contributed by atoms with E-state index in [4.69, 9.17) is 10.3 Å². The van der Waals surface area contributed by atoms with Crippen LogP contribution in [-0.2, 0) is 13.0 Å². The highest BCUT2D eigenvalue weighted by Gasteiger charge is 2.33. The Morgan fingerprint density at radius 2 is 1.93 bits per heavy atom. The van der Waals surface area contributed by atoms with Crippen molar-refractivity contribution in [2.24, 2.45) is 11.1 Å². The number of hydrogen-bond donors (Lipinski definition) is 1. The summed E-state index contributed by atoms with van der Waals surface area (Å²) < 4.78 is 7.61. The highest BCUT2D eigenvalue weighted by molar-refractivity contribution is 5.85. The van der Waals surface area contributed by atoms with Crippen molar-refractivity contribution in [2.45, 2.75) is 58.9 Å². The van der Waals surface area contributed by atoms with Crippen LogP contribution in [-0.4, -0.2) is 26.5 Å². The number of aromatic nitrogens is 4. The summed E-state index contributed by atoms with van der Waals surface area (Å²) >= 11 is 0. The molecule has 0 spiro atoms. The van der Waals surface area contributed by atoms with Gasteiger partial charge in [0.25, 0.3) is 0 Å². The molecule has 0 aliphatic heterocycles. The predicted molar refractivity (Wildman–Crippen MR) is 116 cm³/mol. The topological polar surface area (TPSA) is 82.8 Å². The first-order valence-electron chi connectivity index (χ1n) is 10.2. The lowest BCUT2D eigenvalue weighted by Gasteiger charge is -2.34. The predicted octanol–water partition coefficient (Wildman–Crippen LogP) is 4.47. The van der Waals surface area contributed by atoms with Gasteiger partial charge in [0, 0.05) is 17.7 Å². The van der Waals surface area contributed by atoms with E-state index in [9.17, 15) is 0 Å². The summed E-state index contributed by atoms with van der Waals surface area (Å²) in [6.45, 7) is 5.51. The molecule has 0 radical (unpaired) electrons. The van der Waals surface area contributed by atoms with Crippen molar-refractivity contribution >= 4 is 12.4 Å². The highest BCUT2D eigenvalue weighted by atomic mass is 35.5. The van der Waals surface area contributed by atoms with E-state index >= 15 is 0 Å². The van der Waals surface area contributed by atoms with Crippen LogP contribution in [0.25, 0.3) is 11.4 Å². The number of rotatable bonds is 6. The maximum absolute atomic E-state index is 6.11. The van der Waals surface area contributed by atoms with Gasteiger partial charge in [0.15, 0.2) is 0 Å². The molecule has 0 unspecified atom stereocenters. The Morgan fingerprint density at radius 3 is 2.62 bits per heavy atom. The molecule has 1 fully saturated rings. The smallest absolute Gasteiger partial charge is 0.227 e. The number of hydrogen-bond acceptors (Lipinski definition) is 5. The molecule has 1 aromatic carbocycles. The van der Waals surface area contributed by atoms with Crippen LogP contribution in [0.3, 0.4) is 0 Å². The maximum atomic E-state index is 6.11. The number of benzene rings is 1. The van der Waals surface area contributed by atoms with Gasteiger partial charge in [0.05, 0.1) is 12.2 Å². The molecule has 0 bridgehead atoms. The number of aryl methyl sites for hydroxylation is 2. The normalized spacial score (nSPS) is 15.8. The van der Waals surface area contributed by atoms with Crippen LogP contribution in [0.2, 0.25) is 0 Å². The molecule has 29 heavy (non-hydrogen) atoms. The third-order valence-electron chi connectivity index (χ3n) is 5.96. The molecule has 1 aliphatic rings. The largest absolute Gasteiger partial charge is 0.339 e. The lowest BCUT2D eigenvalue weighted by molar-refractivity contribution is 0.177. The Bertz CT molecular complexity index is 942. The zero-order valence-electron chi connectivity index (χ0n) is 17.2. The molecular formula is C22H30ClN5O. The van der Waals surface area contributed by atoms with Crippen molar-refractivity contribution in [1.29, 1.82) is 0 Å². The zero-order chi connectivity index (χ0) is 19.6. The second kappa shape index (κ2) is 9.09. The van der Waals surface area contributed by atoms with Crippen LogP contribution in [0.15, 0.2) is 34.9 Å². The molecule has 3 aromatic rings. The Morgan fingerprint density at radius 1 is 1.14 bits per heavy atom. The lowest BCUT2D eigenvalue weighted by atomic mass is 9.72. The van der Waals surface area contributed by atoms with E-state index < -0.39 is 0 Å². The molecule has 4 rings (SSSR count). The summed E-state index contributed by atoms with van der Waals surface area (Å²) in [5.41, 5.74) is 10.6. The number of nitrogens with zero attached hydrogens (tertiary/aromatic N) is 4. The van der Waals surface area contributed by atoms with E-state index in [-0.39, 0.29) is 17.8 Å². The van der Waals surface area contributed by atoms with Gasteiger partial charge in [-0.3, -0.25) is 4.68 Å². The standard InChI is InChI=1S/C22H29N5O.ClH/c1-16-11-17(2)27(25-16)14-18-7-6-8-19(12-18)21-24-20(28-26-21)13-22(15-23)9-4-3-5-10-22;/h6-8,11-12H,3-5,9-10,13-15,23H2,1-2H3;1H. The van der Waals surface area contributed by atoms with E-state index in [0.29, 0.717) is 18.3 Å². The summed E-state index contributed by atoms with van der Waals surface area (Å²) in [6, 6.07) is 10.4. The van der Waals surface area contributed by atoms with E-state index in [1.807, 2.05) is 23.7 Å². The second-order valence-electron chi connectivity index (χ2n) is 8.24. The lowest BCUT2D eigenvalue weighted by Crippen LogP contribution is -2.35. The van der Waals surface area contributed by atoms with Gasteiger partial charge in [-0.1, -0.05) is 42.6 Å². The van der Waals surface area contributed by atoms with E-state index in [2.05, 4.69) is 40.4 Å². The third-order valence-corrected chi connectivity index (χ3v) is 5.96. The van der Waals surface area contributed by atoms with Gasteiger partial charge in [-0.15, -0.1) is 12.4 Å². The van der Waals surface area contributed by atoms with Crippen LogP contribution < -0.4 is 5.73 Å². The van der Waals surface area contributed by atoms with Gasteiger partial charge in [0.1, 0.15) is 0 Å². The highest BCUT2D eigenvalue weighted by Crippen LogP contribution is 2.38.